The molecule has 1 fully saturated rings. The van der Waals surface area contributed by atoms with Crippen molar-refractivity contribution in [2.45, 2.75) is 0 Å². The molecule has 6 nitrogen and oxygen atoms in total. The Morgan fingerprint density at radius 3 is 2.92 bits per heavy atom. The molecule has 1 aromatic carbocycles. The fourth-order valence-electron chi connectivity index (χ4n) is 2.29. The molecule has 0 radical (unpaired) electrons. The van der Waals surface area contributed by atoms with Gasteiger partial charge >= 0.3 is 6.01 Å². The average Bonchev–Trinajstić information content (AvgIpc) is 2.60. The van der Waals surface area contributed by atoms with Gasteiger partial charge in [0, 0.05) is 31.5 Å². The molecule has 3 rings (SSSR count). The molecule has 0 saturated carbocycles. The summed E-state index contributed by atoms with van der Waals surface area (Å²) in [5.41, 5.74) is 0.638. The molecule has 2 aromatic rings. The summed E-state index contributed by atoms with van der Waals surface area (Å²) in [7, 11) is 0. The van der Waals surface area contributed by atoms with Crippen molar-refractivity contribution in [3.63, 3.8) is 0 Å². The first-order valence-corrected chi connectivity index (χ1v) is 8.06. The molecule has 2 heterocycles. The van der Waals surface area contributed by atoms with Crippen LogP contribution in [0.4, 0.5) is 15.9 Å². The topological polar surface area (TPSA) is 59.5 Å². The molecule has 1 aliphatic rings. The second-order valence-electron chi connectivity index (χ2n) is 5.28. The molecule has 1 aliphatic heterocycles. The van der Waals surface area contributed by atoms with Crippen LogP contribution in [0.3, 0.4) is 0 Å². The zero-order valence-electron chi connectivity index (χ0n) is 13.0. The van der Waals surface area contributed by atoms with E-state index < -0.39 is 5.82 Å². The highest BCUT2D eigenvalue weighted by Crippen LogP contribution is 2.22. The van der Waals surface area contributed by atoms with Crippen LogP contribution in [0, 0.1) is 5.82 Å². The predicted octanol–water partition coefficient (Wildman–Crippen LogP) is 2.72. The molecule has 0 bridgehead atoms. The number of nitrogens with one attached hydrogen (secondary N) is 1. The average molecular weight is 353 g/mol. The van der Waals surface area contributed by atoms with Crippen molar-refractivity contribution in [1.82, 2.24) is 14.9 Å². The Labute approximate surface area is 144 Å². The number of benzene rings is 1. The summed E-state index contributed by atoms with van der Waals surface area (Å²) >= 11 is 5.77. The van der Waals surface area contributed by atoms with E-state index in [9.17, 15) is 4.39 Å². The lowest BCUT2D eigenvalue weighted by atomic mass is 10.3. The molecule has 1 aromatic heterocycles. The number of ether oxygens (including phenoxy) is 2. The number of hydrogen-bond acceptors (Lipinski definition) is 6. The third-order valence-electron chi connectivity index (χ3n) is 3.57. The lowest BCUT2D eigenvalue weighted by Gasteiger charge is -2.26. The summed E-state index contributed by atoms with van der Waals surface area (Å²) < 4.78 is 24.1. The summed E-state index contributed by atoms with van der Waals surface area (Å²) in [6.45, 7) is 4.66. The van der Waals surface area contributed by atoms with Crippen LogP contribution in [-0.4, -0.2) is 54.3 Å². The Morgan fingerprint density at radius 1 is 1.29 bits per heavy atom. The van der Waals surface area contributed by atoms with Crippen molar-refractivity contribution >= 4 is 23.1 Å². The minimum Gasteiger partial charge on any atom is -0.462 e. The van der Waals surface area contributed by atoms with Crippen LogP contribution < -0.4 is 10.1 Å². The van der Waals surface area contributed by atoms with E-state index in [0.29, 0.717) is 24.1 Å². The van der Waals surface area contributed by atoms with Crippen LogP contribution in [0.5, 0.6) is 6.01 Å². The van der Waals surface area contributed by atoms with Gasteiger partial charge in [-0.1, -0.05) is 11.6 Å². The first-order chi connectivity index (χ1) is 11.7. The normalized spacial score (nSPS) is 15.2. The highest BCUT2D eigenvalue weighted by Gasteiger charge is 2.10. The van der Waals surface area contributed by atoms with Crippen LogP contribution in [-0.2, 0) is 4.74 Å². The second kappa shape index (κ2) is 8.23. The minimum atomic E-state index is -0.461. The van der Waals surface area contributed by atoms with Crippen LogP contribution in [0.1, 0.15) is 0 Å². The predicted molar refractivity (Wildman–Crippen MR) is 89.5 cm³/mol. The molecule has 1 N–H and O–H groups in total. The van der Waals surface area contributed by atoms with Crippen molar-refractivity contribution in [3.05, 3.63) is 41.3 Å². The van der Waals surface area contributed by atoms with Gasteiger partial charge in [0.2, 0.25) is 0 Å². The molecule has 0 atom stereocenters. The van der Waals surface area contributed by atoms with Gasteiger partial charge < -0.3 is 14.8 Å². The zero-order valence-corrected chi connectivity index (χ0v) is 13.8. The number of anilines is 2. The Morgan fingerprint density at radius 2 is 2.12 bits per heavy atom. The lowest BCUT2D eigenvalue weighted by Crippen LogP contribution is -2.38. The van der Waals surface area contributed by atoms with Crippen molar-refractivity contribution in [1.29, 1.82) is 0 Å². The van der Waals surface area contributed by atoms with E-state index >= 15 is 0 Å². The number of nitrogens with zero attached hydrogens (tertiary/aromatic N) is 3. The van der Waals surface area contributed by atoms with Gasteiger partial charge in [-0.15, -0.1) is 0 Å². The highest BCUT2D eigenvalue weighted by molar-refractivity contribution is 6.31. The minimum absolute atomic E-state index is 0.0519. The molecule has 0 spiro atoms. The molecule has 1 saturated heterocycles. The number of halogens is 2. The van der Waals surface area contributed by atoms with Gasteiger partial charge in [0.05, 0.1) is 18.2 Å². The van der Waals surface area contributed by atoms with Gasteiger partial charge in [0.1, 0.15) is 18.2 Å². The fraction of sp³-hybridized carbons (Fsp3) is 0.375. The second-order valence-corrected chi connectivity index (χ2v) is 5.69. The van der Waals surface area contributed by atoms with Crippen molar-refractivity contribution in [2.75, 3.05) is 44.8 Å². The smallest absolute Gasteiger partial charge is 0.318 e. The Hall–Kier alpha value is -1.96. The van der Waals surface area contributed by atoms with Crippen LogP contribution in [0.25, 0.3) is 0 Å². The molecule has 8 heteroatoms. The van der Waals surface area contributed by atoms with E-state index in [2.05, 4.69) is 20.2 Å². The summed E-state index contributed by atoms with van der Waals surface area (Å²) in [4.78, 5) is 10.6. The van der Waals surface area contributed by atoms with Crippen molar-refractivity contribution < 1.29 is 13.9 Å². The molecule has 128 valence electrons. The van der Waals surface area contributed by atoms with Gasteiger partial charge in [0.15, 0.2) is 0 Å². The van der Waals surface area contributed by atoms with Gasteiger partial charge in [-0.25, -0.2) is 9.37 Å². The van der Waals surface area contributed by atoms with Gasteiger partial charge in [0.25, 0.3) is 0 Å². The van der Waals surface area contributed by atoms with E-state index in [1.54, 1.807) is 18.3 Å². The molecule has 0 amide bonds. The van der Waals surface area contributed by atoms with E-state index in [4.69, 9.17) is 21.1 Å². The van der Waals surface area contributed by atoms with Crippen molar-refractivity contribution in [2.24, 2.45) is 0 Å². The molecular formula is C16H18ClFN4O2. The maximum atomic E-state index is 13.2. The maximum Gasteiger partial charge on any atom is 0.318 e. The molecular weight excluding hydrogens is 335 g/mol. The monoisotopic (exact) mass is 352 g/mol. The van der Waals surface area contributed by atoms with Gasteiger partial charge in [-0.2, -0.15) is 4.98 Å². The highest BCUT2D eigenvalue weighted by atomic mass is 35.5. The summed E-state index contributed by atoms with van der Waals surface area (Å²) in [6, 6.07) is 6.37. The molecule has 0 aliphatic carbocycles. The van der Waals surface area contributed by atoms with Crippen LogP contribution >= 0.6 is 11.6 Å². The first kappa shape index (κ1) is 16.9. The number of rotatable bonds is 6. The maximum absolute atomic E-state index is 13.2. The largest absolute Gasteiger partial charge is 0.462 e. The van der Waals surface area contributed by atoms with Gasteiger partial charge in [-0.05, 0) is 24.3 Å². The Balaban J connectivity index is 1.54. The summed E-state index contributed by atoms with van der Waals surface area (Å²) in [5, 5.41) is 3.09. The molecule has 24 heavy (non-hydrogen) atoms. The first-order valence-electron chi connectivity index (χ1n) is 7.69. The third kappa shape index (κ3) is 4.77. The van der Waals surface area contributed by atoms with Gasteiger partial charge in [-0.3, -0.25) is 4.90 Å². The van der Waals surface area contributed by atoms with Crippen LogP contribution in [0.2, 0.25) is 5.02 Å². The third-order valence-corrected chi connectivity index (χ3v) is 3.86. The van der Waals surface area contributed by atoms with Crippen molar-refractivity contribution in [3.8, 4) is 6.01 Å². The van der Waals surface area contributed by atoms with E-state index in [0.717, 1.165) is 32.8 Å². The zero-order chi connectivity index (χ0) is 16.8. The van der Waals surface area contributed by atoms with E-state index in [-0.39, 0.29) is 5.02 Å². The van der Waals surface area contributed by atoms with E-state index in [1.165, 1.54) is 12.1 Å². The van der Waals surface area contributed by atoms with Crippen LogP contribution in [0.15, 0.2) is 30.5 Å². The molecule has 0 unspecified atom stereocenters. The standard InChI is InChI=1S/C16H18ClFN4O2/c17-13-11-12(1-2-14(13)18)20-15-3-4-19-16(21-15)24-10-7-22-5-8-23-9-6-22/h1-4,11H,5-10H2,(H,19,20,21). The summed E-state index contributed by atoms with van der Waals surface area (Å²) in [6.07, 6.45) is 1.60. The summed E-state index contributed by atoms with van der Waals surface area (Å²) in [5.74, 6) is 0.0890. The number of hydrogen-bond donors (Lipinski definition) is 1. The Bertz CT molecular complexity index is 683. The van der Waals surface area contributed by atoms with E-state index in [1.807, 2.05) is 0 Å². The SMILES string of the molecule is Fc1ccc(Nc2ccnc(OCCN3CCOCC3)n2)cc1Cl. The Kier molecular flexibility index (Phi) is 5.79. The quantitative estimate of drug-likeness (QED) is 0.862. The number of morpholine rings is 1. The lowest BCUT2D eigenvalue weighted by molar-refractivity contribution is 0.0317. The fourth-order valence-corrected chi connectivity index (χ4v) is 2.47. The number of aromatic nitrogens is 2.